The first-order chi connectivity index (χ1) is 10.3. The third-order valence-electron chi connectivity index (χ3n) is 4.11. The molecule has 2 N–H and O–H groups in total. The van der Waals surface area contributed by atoms with Crippen molar-refractivity contribution in [1.82, 2.24) is 5.32 Å². The van der Waals surface area contributed by atoms with Crippen LogP contribution in [0.15, 0.2) is 34.0 Å². The molecule has 23 heavy (non-hydrogen) atoms. The summed E-state index contributed by atoms with van der Waals surface area (Å²) in [5, 5.41) is 13.2. The number of rotatable bonds is 0. The molecule has 0 aromatic carbocycles. The molecule has 1 atom stereocenters. The summed E-state index contributed by atoms with van der Waals surface area (Å²) in [6, 6.07) is 0. The summed E-state index contributed by atoms with van der Waals surface area (Å²) in [5.41, 5.74) is 2.87. The maximum Gasteiger partial charge on any atom is 0.100 e. The summed E-state index contributed by atoms with van der Waals surface area (Å²) < 4.78 is 0.100. The summed E-state index contributed by atoms with van der Waals surface area (Å²) >= 11 is 1.94. The SMILES string of the molecule is CC(C)(C)C1=C2C=C(O)C(C(C)(C)C)C=C2SC1(C)C.CNC. The standard InChI is InChI=1S/C18H28OS.C2H7N/c1-16(2,3)12-10-14-11(9-13(12)19)15(17(4,5)6)18(7,8)20-14;1-3-2/h9-10,12,19H,1-8H3;3H,1-2H3. The van der Waals surface area contributed by atoms with E-state index in [9.17, 15) is 5.11 Å². The van der Waals surface area contributed by atoms with Crippen LogP contribution in [0, 0.1) is 16.7 Å². The molecule has 1 aliphatic heterocycles. The molecule has 2 rings (SSSR count). The van der Waals surface area contributed by atoms with Crippen LogP contribution in [0.25, 0.3) is 0 Å². The van der Waals surface area contributed by atoms with Gasteiger partial charge >= 0.3 is 0 Å². The molecule has 2 aliphatic rings. The lowest BCUT2D eigenvalue weighted by molar-refractivity contribution is 0.239. The van der Waals surface area contributed by atoms with Gasteiger partial charge in [0, 0.05) is 15.6 Å². The lowest BCUT2D eigenvalue weighted by atomic mass is 9.73. The maximum absolute atomic E-state index is 10.5. The van der Waals surface area contributed by atoms with E-state index in [1.807, 2.05) is 31.9 Å². The minimum Gasteiger partial charge on any atom is -0.512 e. The zero-order chi connectivity index (χ0) is 18.2. The second-order valence-corrected chi connectivity index (χ2v) is 10.8. The largest absolute Gasteiger partial charge is 0.512 e. The van der Waals surface area contributed by atoms with E-state index in [1.54, 1.807) is 0 Å². The molecule has 2 nitrogen and oxygen atoms in total. The molecule has 1 heterocycles. The number of fused-ring (bicyclic) bond motifs is 1. The lowest BCUT2D eigenvalue weighted by Gasteiger charge is -2.32. The Balaban J connectivity index is 0.000000816. The van der Waals surface area contributed by atoms with E-state index in [0.717, 1.165) is 0 Å². The van der Waals surface area contributed by atoms with Crippen molar-refractivity contribution >= 4 is 11.8 Å². The average molecular weight is 338 g/mol. The van der Waals surface area contributed by atoms with E-state index >= 15 is 0 Å². The topological polar surface area (TPSA) is 32.3 Å². The number of aliphatic hydroxyl groups excluding tert-OH is 1. The molecule has 0 amide bonds. The summed E-state index contributed by atoms with van der Waals surface area (Å²) in [5.74, 6) is 0.625. The summed E-state index contributed by atoms with van der Waals surface area (Å²) in [6.45, 7) is 17.9. The number of hydrogen-bond acceptors (Lipinski definition) is 3. The Bertz CT molecular complexity index is 539. The van der Waals surface area contributed by atoms with E-state index in [4.69, 9.17) is 0 Å². The van der Waals surface area contributed by atoms with E-state index in [-0.39, 0.29) is 21.5 Å². The van der Waals surface area contributed by atoms with E-state index in [2.05, 4.69) is 66.8 Å². The molecule has 0 radical (unpaired) electrons. The highest BCUT2D eigenvalue weighted by molar-refractivity contribution is 8.05. The molecule has 0 aromatic rings. The molecule has 0 saturated carbocycles. The van der Waals surface area contributed by atoms with Gasteiger partial charge in [-0.05, 0) is 56.0 Å². The highest BCUT2D eigenvalue weighted by atomic mass is 32.2. The first-order valence-electron chi connectivity index (χ1n) is 8.41. The van der Waals surface area contributed by atoms with Crippen LogP contribution < -0.4 is 5.32 Å². The van der Waals surface area contributed by atoms with Gasteiger partial charge in [-0.25, -0.2) is 0 Å². The second kappa shape index (κ2) is 6.68. The number of thioether (sulfide) groups is 1. The third-order valence-corrected chi connectivity index (χ3v) is 5.40. The second-order valence-electron chi connectivity index (χ2n) is 9.09. The summed E-state index contributed by atoms with van der Waals surface area (Å²) in [7, 11) is 3.75. The predicted molar refractivity (Wildman–Crippen MR) is 105 cm³/mol. The molecule has 132 valence electrons. The quantitative estimate of drug-likeness (QED) is 0.595. The highest BCUT2D eigenvalue weighted by Gasteiger charge is 2.44. The Hall–Kier alpha value is -0.670. The fraction of sp³-hybridized carbons (Fsp3) is 0.700. The van der Waals surface area contributed by atoms with Gasteiger partial charge in [-0.15, -0.1) is 11.8 Å². The molecule has 0 aromatic heterocycles. The van der Waals surface area contributed by atoms with Crippen LogP contribution in [-0.2, 0) is 0 Å². The lowest BCUT2D eigenvalue weighted by Crippen LogP contribution is -2.26. The van der Waals surface area contributed by atoms with Crippen molar-refractivity contribution in [3.63, 3.8) is 0 Å². The van der Waals surface area contributed by atoms with Gasteiger partial charge in [0.2, 0.25) is 0 Å². The minimum absolute atomic E-state index is 0.0499. The van der Waals surface area contributed by atoms with Crippen LogP contribution in [0.4, 0.5) is 0 Å². The maximum atomic E-state index is 10.5. The van der Waals surface area contributed by atoms with Crippen LogP contribution >= 0.6 is 11.8 Å². The Morgan fingerprint density at radius 2 is 1.57 bits per heavy atom. The monoisotopic (exact) mass is 337 g/mol. The molecule has 0 saturated heterocycles. The van der Waals surface area contributed by atoms with E-state index in [1.165, 1.54) is 16.1 Å². The number of nitrogens with one attached hydrogen (secondary N) is 1. The number of allylic oxidation sites excluding steroid dienone is 3. The van der Waals surface area contributed by atoms with Crippen LogP contribution in [0.2, 0.25) is 0 Å². The Kier molecular flexibility index (Phi) is 5.92. The van der Waals surface area contributed by atoms with Crippen molar-refractivity contribution in [3.05, 3.63) is 34.0 Å². The highest BCUT2D eigenvalue weighted by Crippen LogP contribution is 2.58. The third kappa shape index (κ3) is 4.45. The molecule has 3 heteroatoms. The van der Waals surface area contributed by atoms with E-state index in [0.29, 0.717) is 5.76 Å². The molecule has 0 bridgehead atoms. The first kappa shape index (κ1) is 20.4. The van der Waals surface area contributed by atoms with Gasteiger partial charge in [0.05, 0.1) is 0 Å². The van der Waals surface area contributed by atoms with Crippen molar-refractivity contribution in [1.29, 1.82) is 0 Å². The Morgan fingerprint density at radius 3 is 1.96 bits per heavy atom. The fourth-order valence-corrected chi connectivity index (χ4v) is 5.11. The molecular weight excluding hydrogens is 302 g/mol. The average Bonchev–Trinajstić information content (AvgIpc) is 2.56. The van der Waals surface area contributed by atoms with Crippen LogP contribution in [0.1, 0.15) is 55.4 Å². The zero-order valence-electron chi connectivity index (χ0n) is 16.6. The minimum atomic E-state index is 0.0499. The predicted octanol–water partition coefficient (Wildman–Crippen LogP) is 5.69. The Labute approximate surface area is 147 Å². The molecule has 1 unspecified atom stereocenters. The first-order valence-corrected chi connectivity index (χ1v) is 9.23. The van der Waals surface area contributed by atoms with Gasteiger partial charge in [0.1, 0.15) is 5.76 Å². The Morgan fingerprint density at radius 1 is 1.09 bits per heavy atom. The normalized spacial score (nSPS) is 23.7. The van der Waals surface area contributed by atoms with Crippen molar-refractivity contribution in [2.24, 2.45) is 16.7 Å². The van der Waals surface area contributed by atoms with E-state index < -0.39 is 0 Å². The summed E-state index contributed by atoms with van der Waals surface area (Å²) in [6.07, 6.45) is 4.30. The van der Waals surface area contributed by atoms with Crippen LogP contribution in [0.3, 0.4) is 0 Å². The molecular formula is C20H35NOS. The van der Waals surface area contributed by atoms with Gasteiger partial charge in [-0.3, -0.25) is 0 Å². The van der Waals surface area contributed by atoms with Gasteiger partial charge in [0.15, 0.2) is 0 Å². The van der Waals surface area contributed by atoms with Crippen molar-refractivity contribution in [2.75, 3.05) is 14.1 Å². The van der Waals surface area contributed by atoms with Gasteiger partial charge < -0.3 is 10.4 Å². The number of aliphatic hydroxyl groups is 1. The van der Waals surface area contributed by atoms with Crippen LogP contribution in [-0.4, -0.2) is 23.9 Å². The molecule has 0 fully saturated rings. The van der Waals surface area contributed by atoms with Crippen molar-refractivity contribution < 1.29 is 5.11 Å². The molecule has 1 aliphatic carbocycles. The van der Waals surface area contributed by atoms with Gasteiger partial charge in [-0.2, -0.15) is 0 Å². The van der Waals surface area contributed by atoms with Crippen molar-refractivity contribution in [2.45, 2.75) is 60.1 Å². The molecule has 0 spiro atoms. The van der Waals surface area contributed by atoms with Gasteiger partial charge in [0.25, 0.3) is 0 Å². The smallest absolute Gasteiger partial charge is 0.100 e. The zero-order valence-corrected chi connectivity index (χ0v) is 17.4. The number of hydrogen-bond donors (Lipinski definition) is 2. The van der Waals surface area contributed by atoms with Crippen molar-refractivity contribution in [3.8, 4) is 0 Å². The summed E-state index contributed by atoms with van der Waals surface area (Å²) in [4.78, 5) is 1.35. The fourth-order valence-electron chi connectivity index (χ4n) is 3.57. The van der Waals surface area contributed by atoms with Gasteiger partial charge in [-0.1, -0.05) is 47.6 Å². The van der Waals surface area contributed by atoms with Crippen LogP contribution in [0.5, 0.6) is 0 Å².